The van der Waals surface area contributed by atoms with Gasteiger partial charge < -0.3 is 19.9 Å². The number of hydrogen-bond acceptors (Lipinski definition) is 4. The molecule has 1 aliphatic carbocycles. The van der Waals surface area contributed by atoms with Crippen molar-refractivity contribution in [1.82, 2.24) is 0 Å². The highest BCUT2D eigenvalue weighted by Crippen LogP contribution is 2.33. The molecular formula is C15H21NO4. The lowest BCUT2D eigenvalue weighted by Gasteiger charge is -2.28. The molecule has 20 heavy (non-hydrogen) atoms. The molecule has 1 aliphatic rings. The molecule has 0 unspecified atom stereocenters. The SMILES string of the molecule is COc1ccc(OC)c(NC2CCC(C(=O)O)CC2)c1. The fourth-order valence-electron chi connectivity index (χ4n) is 2.63. The zero-order chi connectivity index (χ0) is 14.5. The molecule has 0 spiro atoms. The van der Waals surface area contributed by atoms with Crippen molar-refractivity contribution in [2.24, 2.45) is 5.92 Å². The van der Waals surface area contributed by atoms with Gasteiger partial charge in [-0.15, -0.1) is 0 Å². The number of anilines is 1. The molecule has 5 heteroatoms. The van der Waals surface area contributed by atoms with Crippen LogP contribution in [0.15, 0.2) is 18.2 Å². The summed E-state index contributed by atoms with van der Waals surface area (Å²) in [5.74, 6) is 0.668. The molecule has 2 N–H and O–H groups in total. The highest BCUT2D eigenvalue weighted by Gasteiger charge is 2.26. The van der Waals surface area contributed by atoms with Crippen molar-refractivity contribution in [2.75, 3.05) is 19.5 Å². The number of carboxylic acids is 1. The Hall–Kier alpha value is -1.91. The Morgan fingerprint density at radius 1 is 1.20 bits per heavy atom. The molecule has 2 rings (SSSR count). The maximum Gasteiger partial charge on any atom is 0.306 e. The third-order valence-corrected chi connectivity index (χ3v) is 3.84. The molecule has 0 aromatic heterocycles. The number of carboxylic acid groups (broad SMARTS) is 1. The average molecular weight is 279 g/mol. The number of benzene rings is 1. The summed E-state index contributed by atoms with van der Waals surface area (Å²) in [7, 11) is 3.26. The van der Waals surface area contributed by atoms with Crippen molar-refractivity contribution in [3.8, 4) is 11.5 Å². The van der Waals surface area contributed by atoms with Gasteiger partial charge in [0.1, 0.15) is 11.5 Å². The van der Waals surface area contributed by atoms with E-state index in [0.717, 1.165) is 42.9 Å². The second kappa shape index (κ2) is 6.50. The lowest BCUT2D eigenvalue weighted by molar-refractivity contribution is -0.142. The van der Waals surface area contributed by atoms with E-state index >= 15 is 0 Å². The number of methoxy groups -OCH3 is 2. The highest BCUT2D eigenvalue weighted by molar-refractivity contribution is 5.70. The Labute approximate surface area is 118 Å². The minimum Gasteiger partial charge on any atom is -0.497 e. The van der Waals surface area contributed by atoms with Crippen molar-refractivity contribution in [2.45, 2.75) is 31.7 Å². The van der Waals surface area contributed by atoms with Gasteiger partial charge in [0, 0.05) is 12.1 Å². The lowest BCUT2D eigenvalue weighted by Crippen LogP contribution is -2.29. The van der Waals surface area contributed by atoms with Gasteiger partial charge in [-0.2, -0.15) is 0 Å². The van der Waals surface area contributed by atoms with E-state index in [1.807, 2.05) is 18.2 Å². The second-order valence-corrected chi connectivity index (χ2v) is 5.10. The van der Waals surface area contributed by atoms with Crippen LogP contribution in [-0.2, 0) is 4.79 Å². The van der Waals surface area contributed by atoms with E-state index in [0.29, 0.717) is 0 Å². The van der Waals surface area contributed by atoms with Gasteiger partial charge in [-0.3, -0.25) is 4.79 Å². The number of aliphatic carboxylic acids is 1. The number of hydrogen-bond donors (Lipinski definition) is 2. The second-order valence-electron chi connectivity index (χ2n) is 5.10. The van der Waals surface area contributed by atoms with E-state index in [4.69, 9.17) is 14.6 Å². The van der Waals surface area contributed by atoms with Gasteiger partial charge in [0.05, 0.1) is 25.8 Å². The van der Waals surface area contributed by atoms with Crippen LogP contribution in [0.5, 0.6) is 11.5 Å². The van der Waals surface area contributed by atoms with Crippen LogP contribution in [0, 0.1) is 5.92 Å². The van der Waals surface area contributed by atoms with Crippen molar-refractivity contribution in [3.05, 3.63) is 18.2 Å². The van der Waals surface area contributed by atoms with Crippen LogP contribution in [-0.4, -0.2) is 31.3 Å². The van der Waals surface area contributed by atoms with E-state index < -0.39 is 5.97 Å². The molecule has 1 aromatic rings. The summed E-state index contributed by atoms with van der Waals surface area (Å²) in [6.07, 6.45) is 3.16. The smallest absolute Gasteiger partial charge is 0.306 e. The Bertz CT molecular complexity index is 467. The fraction of sp³-hybridized carbons (Fsp3) is 0.533. The number of ether oxygens (including phenoxy) is 2. The number of carbonyl (C=O) groups is 1. The van der Waals surface area contributed by atoms with Crippen LogP contribution in [0.4, 0.5) is 5.69 Å². The normalized spacial score (nSPS) is 22.1. The zero-order valence-electron chi connectivity index (χ0n) is 11.9. The molecule has 1 saturated carbocycles. The topological polar surface area (TPSA) is 67.8 Å². The molecule has 0 bridgehead atoms. The van der Waals surface area contributed by atoms with Crippen LogP contribution < -0.4 is 14.8 Å². The summed E-state index contributed by atoms with van der Waals surface area (Å²) < 4.78 is 10.6. The number of nitrogens with one attached hydrogen (secondary N) is 1. The van der Waals surface area contributed by atoms with Gasteiger partial charge in [0.15, 0.2) is 0 Å². The quantitative estimate of drug-likeness (QED) is 0.867. The van der Waals surface area contributed by atoms with Crippen LogP contribution in [0.25, 0.3) is 0 Å². The highest BCUT2D eigenvalue weighted by atomic mass is 16.5. The lowest BCUT2D eigenvalue weighted by atomic mass is 9.86. The molecule has 5 nitrogen and oxygen atoms in total. The molecule has 1 aromatic carbocycles. The largest absolute Gasteiger partial charge is 0.497 e. The van der Waals surface area contributed by atoms with E-state index in [9.17, 15) is 4.79 Å². The summed E-state index contributed by atoms with van der Waals surface area (Å²) in [5, 5.41) is 12.4. The molecule has 1 fully saturated rings. The van der Waals surface area contributed by atoms with E-state index in [1.165, 1.54) is 0 Å². The maximum atomic E-state index is 10.9. The molecule has 0 amide bonds. The zero-order valence-corrected chi connectivity index (χ0v) is 11.9. The van der Waals surface area contributed by atoms with Gasteiger partial charge in [0.25, 0.3) is 0 Å². The average Bonchev–Trinajstić information content (AvgIpc) is 2.47. The van der Waals surface area contributed by atoms with E-state index in [2.05, 4.69) is 5.32 Å². The van der Waals surface area contributed by atoms with Crippen LogP contribution in [0.3, 0.4) is 0 Å². The standard InChI is InChI=1S/C15H21NO4/c1-19-12-7-8-14(20-2)13(9-12)16-11-5-3-10(4-6-11)15(17)18/h7-11,16H,3-6H2,1-2H3,(H,17,18). The number of rotatable bonds is 5. The molecule has 0 radical (unpaired) electrons. The van der Waals surface area contributed by atoms with Crippen molar-refractivity contribution in [3.63, 3.8) is 0 Å². The summed E-state index contributed by atoms with van der Waals surface area (Å²) in [6, 6.07) is 5.91. The third kappa shape index (κ3) is 3.35. The Morgan fingerprint density at radius 2 is 1.90 bits per heavy atom. The summed E-state index contributed by atoms with van der Waals surface area (Å²) >= 11 is 0. The van der Waals surface area contributed by atoms with Crippen molar-refractivity contribution >= 4 is 11.7 Å². The predicted molar refractivity (Wildman–Crippen MR) is 76.6 cm³/mol. The van der Waals surface area contributed by atoms with Gasteiger partial charge in [0.2, 0.25) is 0 Å². The predicted octanol–water partition coefficient (Wildman–Crippen LogP) is 2.76. The fourth-order valence-corrected chi connectivity index (χ4v) is 2.63. The molecule has 0 saturated heterocycles. The van der Waals surface area contributed by atoms with Gasteiger partial charge in [-0.25, -0.2) is 0 Å². The molecule has 0 heterocycles. The Kier molecular flexibility index (Phi) is 4.71. The van der Waals surface area contributed by atoms with Crippen molar-refractivity contribution < 1.29 is 19.4 Å². The van der Waals surface area contributed by atoms with E-state index in [-0.39, 0.29) is 12.0 Å². The third-order valence-electron chi connectivity index (χ3n) is 3.84. The summed E-state index contributed by atoms with van der Waals surface area (Å²) in [4.78, 5) is 10.9. The summed E-state index contributed by atoms with van der Waals surface area (Å²) in [5.41, 5.74) is 0.894. The van der Waals surface area contributed by atoms with Gasteiger partial charge in [-0.05, 0) is 37.8 Å². The first-order chi connectivity index (χ1) is 9.63. The Balaban J connectivity index is 2.01. The van der Waals surface area contributed by atoms with E-state index in [1.54, 1.807) is 14.2 Å². The molecule has 110 valence electrons. The molecular weight excluding hydrogens is 258 g/mol. The first kappa shape index (κ1) is 14.5. The minimum absolute atomic E-state index is 0.194. The van der Waals surface area contributed by atoms with Gasteiger partial charge in [-0.1, -0.05) is 0 Å². The molecule has 0 atom stereocenters. The molecule has 0 aliphatic heterocycles. The van der Waals surface area contributed by atoms with Gasteiger partial charge >= 0.3 is 5.97 Å². The van der Waals surface area contributed by atoms with Crippen molar-refractivity contribution in [1.29, 1.82) is 0 Å². The summed E-state index contributed by atoms with van der Waals surface area (Å²) in [6.45, 7) is 0. The monoisotopic (exact) mass is 279 g/mol. The van der Waals surface area contributed by atoms with Crippen LogP contribution >= 0.6 is 0 Å². The first-order valence-corrected chi connectivity index (χ1v) is 6.85. The Morgan fingerprint density at radius 3 is 2.45 bits per heavy atom. The maximum absolute atomic E-state index is 10.9. The van der Waals surface area contributed by atoms with Crippen LogP contribution in [0.1, 0.15) is 25.7 Å². The first-order valence-electron chi connectivity index (χ1n) is 6.85. The van der Waals surface area contributed by atoms with Crippen LogP contribution in [0.2, 0.25) is 0 Å². The minimum atomic E-state index is -0.678.